The number of rotatable bonds is 5. The molecule has 2 aliphatic heterocycles. The van der Waals surface area contributed by atoms with Gasteiger partial charge in [0.1, 0.15) is 5.82 Å². The molecular formula is C23H27FN2O3S. The molecule has 1 unspecified atom stereocenters. The van der Waals surface area contributed by atoms with Crippen molar-refractivity contribution in [2.45, 2.75) is 36.6 Å². The molecule has 0 bridgehead atoms. The summed E-state index contributed by atoms with van der Waals surface area (Å²) >= 11 is 0. The summed E-state index contributed by atoms with van der Waals surface area (Å²) in [5.74, 6) is -0.599. The summed E-state index contributed by atoms with van der Waals surface area (Å²) in [6, 6.07) is 10.9. The molecule has 0 spiro atoms. The Labute approximate surface area is 177 Å². The molecule has 2 aromatic rings. The van der Waals surface area contributed by atoms with Crippen LogP contribution in [0.5, 0.6) is 0 Å². The van der Waals surface area contributed by atoms with Gasteiger partial charge in [-0.15, -0.1) is 0 Å². The fourth-order valence-electron chi connectivity index (χ4n) is 4.49. The normalized spacial score (nSPS) is 20.1. The molecule has 5 nitrogen and oxygen atoms in total. The van der Waals surface area contributed by atoms with Crippen molar-refractivity contribution in [3.05, 3.63) is 53.8 Å². The van der Waals surface area contributed by atoms with Crippen LogP contribution in [0.1, 0.15) is 36.0 Å². The molecule has 0 saturated carbocycles. The summed E-state index contributed by atoms with van der Waals surface area (Å²) in [6.07, 6.45) is 5.56. The molecule has 0 N–H and O–H groups in total. The highest BCUT2D eigenvalue weighted by Crippen LogP contribution is 2.27. The Morgan fingerprint density at radius 1 is 1.03 bits per heavy atom. The number of carbonyl (C=O) groups excluding carboxylic acids is 1. The highest BCUT2D eigenvalue weighted by atomic mass is 32.2. The fourth-order valence-corrected chi connectivity index (χ4v) is 5.12. The van der Waals surface area contributed by atoms with E-state index in [1.807, 2.05) is 4.90 Å². The molecular weight excluding hydrogens is 403 g/mol. The number of hydrogen-bond acceptors (Lipinski definition) is 4. The minimum atomic E-state index is -3.30. The van der Waals surface area contributed by atoms with Gasteiger partial charge in [-0.25, -0.2) is 12.8 Å². The van der Waals surface area contributed by atoms with Gasteiger partial charge in [0.2, 0.25) is 0 Å². The Balaban J connectivity index is 1.51. The quantitative estimate of drug-likeness (QED) is 0.727. The van der Waals surface area contributed by atoms with Gasteiger partial charge in [-0.2, -0.15) is 0 Å². The smallest absolute Gasteiger partial charge is 0.254 e. The molecule has 0 aliphatic carbocycles. The molecule has 2 aromatic carbocycles. The van der Waals surface area contributed by atoms with Gasteiger partial charge < -0.3 is 9.80 Å². The van der Waals surface area contributed by atoms with Crippen LogP contribution >= 0.6 is 0 Å². The molecule has 0 aromatic heterocycles. The van der Waals surface area contributed by atoms with E-state index < -0.39 is 15.7 Å². The van der Waals surface area contributed by atoms with E-state index in [0.717, 1.165) is 38.7 Å². The van der Waals surface area contributed by atoms with Crippen molar-refractivity contribution in [2.75, 3.05) is 32.4 Å². The fraction of sp³-hybridized carbons (Fsp3) is 0.435. The number of halogens is 1. The Morgan fingerprint density at radius 3 is 2.37 bits per heavy atom. The van der Waals surface area contributed by atoms with Crippen molar-refractivity contribution in [3.8, 4) is 11.1 Å². The van der Waals surface area contributed by atoms with E-state index in [2.05, 4.69) is 4.90 Å². The third-order valence-electron chi connectivity index (χ3n) is 6.12. The van der Waals surface area contributed by atoms with Gasteiger partial charge in [0.15, 0.2) is 9.84 Å². The van der Waals surface area contributed by atoms with Gasteiger partial charge in [0.05, 0.1) is 4.90 Å². The highest BCUT2D eigenvalue weighted by Gasteiger charge is 2.31. The molecule has 1 amide bonds. The van der Waals surface area contributed by atoms with Crippen molar-refractivity contribution in [3.63, 3.8) is 0 Å². The molecule has 7 heteroatoms. The molecule has 1 atom stereocenters. The maximum absolute atomic E-state index is 14.8. The van der Waals surface area contributed by atoms with Crippen LogP contribution in [-0.2, 0) is 9.84 Å². The number of hydrogen-bond donors (Lipinski definition) is 0. The molecule has 160 valence electrons. The van der Waals surface area contributed by atoms with Gasteiger partial charge in [-0.1, -0.05) is 18.2 Å². The summed E-state index contributed by atoms with van der Waals surface area (Å²) in [5.41, 5.74) is 1.28. The highest BCUT2D eigenvalue weighted by molar-refractivity contribution is 7.90. The Kier molecular flexibility index (Phi) is 5.93. The third kappa shape index (κ3) is 4.42. The Bertz CT molecular complexity index is 1030. The van der Waals surface area contributed by atoms with E-state index in [-0.39, 0.29) is 16.8 Å². The molecule has 4 rings (SSSR count). The molecule has 2 aliphatic rings. The monoisotopic (exact) mass is 430 g/mol. The predicted molar refractivity (Wildman–Crippen MR) is 115 cm³/mol. The number of carbonyl (C=O) groups is 1. The van der Waals surface area contributed by atoms with Crippen LogP contribution in [0.2, 0.25) is 0 Å². The second-order valence-electron chi connectivity index (χ2n) is 8.29. The van der Waals surface area contributed by atoms with Crippen LogP contribution in [0.3, 0.4) is 0 Å². The lowest BCUT2D eigenvalue weighted by molar-refractivity contribution is 0.0708. The lowest BCUT2D eigenvalue weighted by atomic mass is 10.0. The van der Waals surface area contributed by atoms with Crippen LogP contribution in [0.25, 0.3) is 11.1 Å². The number of sulfone groups is 1. The zero-order valence-electron chi connectivity index (χ0n) is 17.2. The van der Waals surface area contributed by atoms with Crippen molar-refractivity contribution in [1.82, 2.24) is 9.80 Å². The first kappa shape index (κ1) is 21.0. The number of likely N-dealkylation sites (tertiary alicyclic amines) is 2. The van der Waals surface area contributed by atoms with Gasteiger partial charge >= 0.3 is 0 Å². The summed E-state index contributed by atoms with van der Waals surface area (Å²) in [6.45, 7) is 3.81. The van der Waals surface area contributed by atoms with Crippen LogP contribution in [0.4, 0.5) is 4.39 Å². The average molecular weight is 431 g/mol. The summed E-state index contributed by atoms with van der Waals surface area (Å²) < 4.78 is 38.1. The van der Waals surface area contributed by atoms with E-state index in [4.69, 9.17) is 0 Å². The standard InChI is InChI=1S/C23H27FN2O3S/c1-30(28,29)20-9-6-17(7-10-20)21-11-8-18(15-22(21)24)23(27)26-14-4-5-19(26)16-25-12-2-3-13-25/h6-11,15,19H,2-5,12-14,16H2,1H3. The maximum atomic E-state index is 14.8. The largest absolute Gasteiger partial charge is 0.334 e. The van der Waals surface area contributed by atoms with Gasteiger partial charge in [0.25, 0.3) is 5.91 Å². The zero-order chi connectivity index (χ0) is 21.3. The Hall–Kier alpha value is -2.25. The number of nitrogens with zero attached hydrogens (tertiary/aromatic N) is 2. The molecule has 0 radical (unpaired) electrons. The first-order valence-corrected chi connectivity index (χ1v) is 12.4. The molecule has 30 heavy (non-hydrogen) atoms. The number of amides is 1. The molecule has 2 heterocycles. The van der Waals surface area contributed by atoms with Crippen LogP contribution < -0.4 is 0 Å². The van der Waals surface area contributed by atoms with Crippen LogP contribution in [0, 0.1) is 5.82 Å². The zero-order valence-corrected chi connectivity index (χ0v) is 18.0. The molecule has 2 fully saturated rings. The van der Waals surface area contributed by atoms with E-state index in [9.17, 15) is 17.6 Å². The topological polar surface area (TPSA) is 57.7 Å². The average Bonchev–Trinajstić information content (AvgIpc) is 3.39. The van der Waals surface area contributed by atoms with E-state index in [1.54, 1.807) is 24.3 Å². The van der Waals surface area contributed by atoms with Crippen molar-refractivity contribution < 1.29 is 17.6 Å². The van der Waals surface area contributed by atoms with Gasteiger partial charge in [0, 0.05) is 36.5 Å². The predicted octanol–water partition coefficient (Wildman–Crippen LogP) is 3.60. The van der Waals surface area contributed by atoms with Crippen molar-refractivity contribution >= 4 is 15.7 Å². The van der Waals surface area contributed by atoms with Gasteiger partial charge in [-0.05, 0) is 68.6 Å². The SMILES string of the molecule is CS(=O)(=O)c1ccc(-c2ccc(C(=O)N3CCCC3CN3CCCC3)cc2F)cc1. The van der Waals surface area contributed by atoms with E-state index >= 15 is 0 Å². The summed E-state index contributed by atoms with van der Waals surface area (Å²) in [5, 5.41) is 0. The summed E-state index contributed by atoms with van der Waals surface area (Å²) in [4.78, 5) is 17.6. The second-order valence-corrected chi connectivity index (χ2v) is 10.3. The lowest BCUT2D eigenvalue weighted by Gasteiger charge is -2.28. The van der Waals surface area contributed by atoms with Crippen LogP contribution in [-0.4, -0.2) is 62.6 Å². The number of benzene rings is 2. The lowest BCUT2D eigenvalue weighted by Crippen LogP contribution is -2.42. The minimum Gasteiger partial charge on any atom is -0.334 e. The minimum absolute atomic E-state index is 0.116. The van der Waals surface area contributed by atoms with Crippen LogP contribution in [0.15, 0.2) is 47.4 Å². The molecule has 2 saturated heterocycles. The maximum Gasteiger partial charge on any atom is 0.254 e. The summed E-state index contributed by atoms with van der Waals surface area (Å²) in [7, 11) is -3.30. The van der Waals surface area contributed by atoms with E-state index in [1.165, 1.54) is 31.0 Å². The first-order valence-electron chi connectivity index (χ1n) is 10.5. The van der Waals surface area contributed by atoms with E-state index in [0.29, 0.717) is 23.2 Å². The Morgan fingerprint density at radius 2 is 1.73 bits per heavy atom. The first-order chi connectivity index (χ1) is 14.3. The van der Waals surface area contributed by atoms with Gasteiger partial charge in [-0.3, -0.25) is 4.79 Å². The second kappa shape index (κ2) is 8.47. The van der Waals surface area contributed by atoms with Crippen molar-refractivity contribution in [1.29, 1.82) is 0 Å². The van der Waals surface area contributed by atoms with Crippen molar-refractivity contribution in [2.24, 2.45) is 0 Å². The third-order valence-corrected chi connectivity index (χ3v) is 7.24.